The van der Waals surface area contributed by atoms with Gasteiger partial charge in [-0.3, -0.25) is 9.59 Å². The number of ketones is 1. The van der Waals surface area contributed by atoms with Gasteiger partial charge in [0.25, 0.3) is 5.91 Å². The Morgan fingerprint density at radius 1 is 0.457 bits per heavy atom. The fourth-order valence-corrected chi connectivity index (χ4v) is 7.32. The largest absolute Gasteiger partial charge is 0.303 e. The van der Waals surface area contributed by atoms with Gasteiger partial charge in [0.2, 0.25) is 0 Å². The molecule has 7 aromatic rings. The first kappa shape index (κ1) is 26.4. The van der Waals surface area contributed by atoms with Gasteiger partial charge >= 0.3 is 0 Å². The number of carbonyl (C=O) groups is 2. The van der Waals surface area contributed by atoms with Crippen molar-refractivity contribution in [3.8, 4) is 0 Å². The van der Waals surface area contributed by atoms with Crippen LogP contribution in [0.4, 0.5) is 0 Å². The number of hydrogen-bond donors (Lipinski definition) is 0. The molecule has 0 saturated carbocycles. The van der Waals surface area contributed by atoms with Crippen LogP contribution in [0.1, 0.15) is 27.8 Å². The predicted octanol–water partition coefficient (Wildman–Crippen LogP) is 9.82. The zero-order chi connectivity index (χ0) is 30.8. The van der Waals surface area contributed by atoms with E-state index in [4.69, 9.17) is 0 Å². The molecule has 0 atom stereocenters. The molecule has 0 unspecified atom stereocenters. The maximum Gasteiger partial charge on any atom is 0.251 e. The van der Waals surface area contributed by atoms with Crippen molar-refractivity contribution in [1.82, 2.24) is 4.90 Å². The number of amides is 1. The summed E-state index contributed by atoms with van der Waals surface area (Å²) in [7, 11) is 0. The first-order valence-corrected chi connectivity index (χ1v) is 15.6. The van der Waals surface area contributed by atoms with Crippen LogP contribution in [0.25, 0.3) is 66.5 Å². The summed E-state index contributed by atoms with van der Waals surface area (Å²) in [5, 5.41) is 8.53. The molecule has 0 aromatic heterocycles. The molecule has 0 bridgehead atoms. The average Bonchev–Trinajstić information content (AvgIpc) is 3.24. The minimum atomic E-state index is -0.162. The lowest BCUT2D eigenvalue weighted by atomic mass is 9.81. The van der Waals surface area contributed by atoms with Crippen molar-refractivity contribution in [2.45, 2.75) is 6.54 Å². The molecule has 46 heavy (non-hydrogen) atoms. The number of allylic oxidation sites excluding steroid dienone is 2. The van der Waals surface area contributed by atoms with Crippen LogP contribution in [0.3, 0.4) is 0 Å². The van der Waals surface area contributed by atoms with E-state index in [-0.39, 0.29) is 11.7 Å². The lowest BCUT2D eigenvalue weighted by molar-refractivity contribution is -0.123. The van der Waals surface area contributed by atoms with Gasteiger partial charge in [0.05, 0.1) is 17.8 Å². The molecular formula is C43H27NO2. The number of hydrogen-bond acceptors (Lipinski definition) is 2. The van der Waals surface area contributed by atoms with Gasteiger partial charge in [-0.05, 0) is 71.9 Å². The Balaban J connectivity index is 1.51. The number of nitrogens with zero attached hydrogens (tertiary/aromatic N) is 1. The van der Waals surface area contributed by atoms with Crippen molar-refractivity contribution in [1.29, 1.82) is 0 Å². The predicted molar refractivity (Wildman–Crippen MR) is 190 cm³/mol. The van der Waals surface area contributed by atoms with E-state index in [9.17, 15) is 9.59 Å². The molecule has 0 saturated heterocycles. The van der Waals surface area contributed by atoms with Crippen molar-refractivity contribution < 1.29 is 9.59 Å². The summed E-state index contributed by atoms with van der Waals surface area (Å²) in [6.07, 6.45) is 7.14. The topological polar surface area (TPSA) is 37.4 Å². The Hall–Kier alpha value is -6.06. The second-order valence-electron chi connectivity index (χ2n) is 12.0. The van der Waals surface area contributed by atoms with Crippen molar-refractivity contribution in [2.24, 2.45) is 0 Å². The zero-order valence-electron chi connectivity index (χ0n) is 24.9. The van der Waals surface area contributed by atoms with Gasteiger partial charge in [-0.2, -0.15) is 0 Å². The molecule has 0 fully saturated rings. The highest BCUT2D eigenvalue weighted by atomic mass is 16.2. The Morgan fingerprint density at radius 3 is 1.65 bits per heavy atom. The van der Waals surface area contributed by atoms with E-state index in [0.717, 1.165) is 70.9 Å². The Kier molecular flexibility index (Phi) is 5.87. The molecule has 0 spiro atoms. The van der Waals surface area contributed by atoms with Crippen molar-refractivity contribution >= 4 is 78.2 Å². The fourth-order valence-electron chi connectivity index (χ4n) is 7.32. The normalized spacial score (nSPS) is 16.0. The van der Waals surface area contributed by atoms with Crippen LogP contribution < -0.4 is 0 Å². The van der Waals surface area contributed by atoms with Crippen molar-refractivity contribution in [3.05, 3.63) is 167 Å². The molecule has 216 valence electrons. The number of fused-ring (bicyclic) bond motifs is 10. The number of carbonyl (C=O) groups excluding carboxylic acids is 2. The van der Waals surface area contributed by atoms with Gasteiger partial charge in [-0.1, -0.05) is 133 Å². The standard InChI is InChI=1S/C43H27NO2/c45-36-24-22-32-20-18-30-16-14-28-10-4-6-12-34(28)38(30)40(32)42(36)43-41-33(23-25-37(46)44(43)26-27-8-2-1-3-9-27)21-19-31-17-15-29-11-5-7-13-35(29)39(31)41/h1-25H,26H2/b43-42-. The molecule has 0 radical (unpaired) electrons. The Morgan fingerprint density at radius 2 is 0.978 bits per heavy atom. The second-order valence-corrected chi connectivity index (χ2v) is 12.0. The molecule has 9 rings (SSSR count). The summed E-state index contributed by atoms with van der Waals surface area (Å²) < 4.78 is 0. The molecule has 1 aliphatic carbocycles. The van der Waals surface area contributed by atoms with Crippen LogP contribution in [0.5, 0.6) is 0 Å². The SMILES string of the molecule is O=C1C=Cc2ccc3ccc4ccccc4c3c2/C1=C1/c2c(ccc3ccc4ccccc4c23)C=CC(=O)N1Cc1ccccc1. The molecule has 2 aliphatic rings. The third-order valence-electron chi connectivity index (χ3n) is 9.39. The van der Waals surface area contributed by atoms with Crippen LogP contribution in [-0.4, -0.2) is 16.6 Å². The highest BCUT2D eigenvalue weighted by Crippen LogP contribution is 2.46. The van der Waals surface area contributed by atoms with Crippen LogP contribution in [0.2, 0.25) is 0 Å². The molecule has 1 aliphatic heterocycles. The quantitative estimate of drug-likeness (QED) is 0.149. The molecule has 0 N–H and O–H groups in total. The first-order valence-electron chi connectivity index (χ1n) is 15.6. The average molecular weight is 590 g/mol. The van der Waals surface area contributed by atoms with Gasteiger partial charge in [-0.15, -0.1) is 0 Å². The van der Waals surface area contributed by atoms with Crippen molar-refractivity contribution in [3.63, 3.8) is 0 Å². The molecule has 3 heteroatoms. The minimum Gasteiger partial charge on any atom is -0.303 e. The molecule has 3 nitrogen and oxygen atoms in total. The first-order chi connectivity index (χ1) is 22.7. The van der Waals surface area contributed by atoms with E-state index < -0.39 is 0 Å². The summed E-state index contributed by atoms with van der Waals surface area (Å²) in [5.74, 6) is -0.274. The number of benzene rings is 7. The van der Waals surface area contributed by atoms with Gasteiger partial charge in [0, 0.05) is 17.2 Å². The lowest BCUT2D eigenvalue weighted by Gasteiger charge is -2.30. The maximum absolute atomic E-state index is 14.6. The van der Waals surface area contributed by atoms with E-state index in [1.165, 1.54) is 0 Å². The summed E-state index contributed by atoms with van der Waals surface area (Å²) in [6.45, 7) is 0.321. The lowest BCUT2D eigenvalue weighted by Crippen LogP contribution is -2.29. The van der Waals surface area contributed by atoms with E-state index >= 15 is 0 Å². The van der Waals surface area contributed by atoms with Crippen LogP contribution in [0, 0.1) is 0 Å². The monoisotopic (exact) mass is 589 g/mol. The van der Waals surface area contributed by atoms with E-state index in [1.54, 1.807) is 12.2 Å². The van der Waals surface area contributed by atoms with Crippen LogP contribution >= 0.6 is 0 Å². The summed E-state index contributed by atoms with van der Waals surface area (Å²) >= 11 is 0. The molecular weight excluding hydrogens is 562 g/mol. The minimum absolute atomic E-state index is 0.112. The van der Waals surface area contributed by atoms with Crippen molar-refractivity contribution in [2.75, 3.05) is 0 Å². The zero-order valence-corrected chi connectivity index (χ0v) is 24.9. The van der Waals surface area contributed by atoms with E-state index in [2.05, 4.69) is 78.9 Å². The van der Waals surface area contributed by atoms with Gasteiger partial charge < -0.3 is 4.90 Å². The number of rotatable bonds is 2. The van der Waals surface area contributed by atoms with Gasteiger partial charge in [-0.25, -0.2) is 0 Å². The highest BCUT2D eigenvalue weighted by Gasteiger charge is 2.33. The highest BCUT2D eigenvalue weighted by molar-refractivity contribution is 6.40. The third kappa shape index (κ3) is 3.99. The van der Waals surface area contributed by atoms with Gasteiger partial charge in [0.1, 0.15) is 0 Å². The molecule has 7 aromatic carbocycles. The van der Waals surface area contributed by atoms with Gasteiger partial charge in [0.15, 0.2) is 5.78 Å². The smallest absolute Gasteiger partial charge is 0.251 e. The maximum atomic E-state index is 14.6. The molecule has 1 amide bonds. The fraction of sp³-hybridized carbons (Fsp3) is 0.0233. The summed E-state index contributed by atoms with van der Waals surface area (Å²) in [4.78, 5) is 30.7. The van der Waals surface area contributed by atoms with Crippen LogP contribution in [-0.2, 0) is 16.1 Å². The second kappa shape index (κ2) is 10.3. The molecule has 1 heterocycles. The third-order valence-corrected chi connectivity index (χ3v) is 9.39. The summed E-state index contributed by atoms with van der Waals surface area (Å²) in [5.41, 5.74) is 5.81. The van der Waals surface area contributed by atoms with E-state index in [0.29, 0.717) is 17.8 Å². The summed E-state index contributed by atoms with van der Waals surface area (Å²) in [6, 6.07) is 43.6. The van der Waals surface area contributed by atoms with Crippen LogP contribution in [0.15, 0.2) is 140 Å². The van der Waals surface area contributed by atoms with E-state index in [1.807, 2.05) is 65.6 Å². The Bertz CT molecular complexity index is 2540. The Labute approximate surface area is 266 Å².